The quantitative estimate of drug-likeness (QED) is 0.683. The standard InChI is InChI=1S/C10H6ClN3O/c1-6(15)14-5-7(4-12)9-8(11)2-3-13-10(9)14/h2-3,5H,1H3. The summed E-state index contributed by atoms with van der Waals surface area (Å²) >= 11 is 5.94. The largest absolute Gasteiger partial charge is 0.274 e. The molecule has 0 unspecified atom stereocenters. The van der Waals surface area contributed by atoms with Gasteiger partial charge in [0, 0.05) is 19.3 Å². The number of pyridine rings is 1. The number of hydrogen-bond donors (Lipinski definition) is 0. The van der Waals surface area contributed by atoms with Gasteiger partial charge in [-0.3, -0.25) is 9.36 Å². The van der Waals surface area contributed by atoms with Crippen molar-refractivity contribution in [3.05, 3.63) is 29.0 Å². The van der Waals surface area contributed by atoms with Gasteiger partial charge in [0.2, 0.25) is 5.91 Å². The van der Waals surface area contributed by atoms with Crippen molar-refractivity contribution in [2.24, 2.45) is 0 Å². The van der Waals surface area contributed by atoms with E-state index in [-0.39, 0.29) is 5.91 Å². The first-order valence-electron chi connectivity index (χ1n) is 4.21. The number of nitriles is 1. The number of carbonyl (C=O) groups excluding carboxylic acids is 1. The van der Waals surface area contributed by atoms with Crippen LogP contribution in [-0.4, -0.2) is 15.5 Å². The molecule has 0 saturated heterocycles. The van der Waals surface area contributed by atoms with Crippen molar-refractivity contribution >= 4 is 28.5 Å². The van der Waals surface area contributed by atoms with Crippen LogP contribution in [0.15, 0.2) is 18.5 Å². The molecule has 0 fully saturated rings. The Morgan fingerprint density at radius 3 is 3.00 bits per heavy atom. The summed E-state index contributed by atoms with van der Waals surface area (Å²) in [6.07, 6.45) is 2.96. The van der Waals surface area contributed by atoms with Crippen molar-refractivity contribution < 1.29 is 4.79 Å². The van der Waals surface area contributed by atoms with E-state index in [9.17, 15) is 4.79 Å². The van der Waals surface area contributed by atoms with Gasteiger partial charge in [-0.15, -0.1) is 0 Å². The van der Waals surface area contributed by atoms with Gasteiger partial charge in [0.1, 0.15) is 11.7 Å². The Balaban J connectivity index is 2.95. The highest BCUT2D eigenvalue weighted by atomic mass is 35.5. The van der Waals surface area contributed by atoms with Gasteiger partial charge in [0.05, 0.1) is 16.0 Å². The molecule has 4 nitrogen and oxygen atoms in total. The second kappa shape index (κ2) is 3.37. The zero-order chi connectivity index (χ0) is 11.0. The predicted octanol–water partition coefficient (Wildman–Crippen LogP) is 2.22. The summed E-state index contributed by atoms with van der Waals surface area (Å²) in [6.45, 7) is 1.41. The van der Waals surface area contributed by atoms with Crippen molar-refractivity contribution in [3.63, 3.8) is 0 Å². The van der Waals surface area contributed by atoms with Gasteiger partial charge in [-0.1, -0.05) is 11.6 Å². The topological polar surface area (TPSA) is 58.7 Å². The minimum absolute atomic E-state index is 0.198. The van der Waals surface area contributed by atoms with Crippen LogP contribution >= 0.6 is 11.6 Å². The second-order valence-corrected chi connectivity index (χ2v) is 3.44. The third-order valence-corrected chi connectivity index (χ3v) is 2.41. The molecule has 0 aliphatic carbocycles. The van der Waals surface area contributed by atoms with Crippen molar-refractivity contribution in [3.8, 4) is 6.07 Å². The maximum atomic E-state index is 11.3. The van der Waals surface area contributed by atoms with Crippen molar-refractivity contribution in [2.45, 2.75) is 6.92 Å². The zero-order valence-corrected chi connectivity index (χ0v) is 8.62. The molecule has 0 amide bonds. The van der Waals surface area contributed by atoms with Crippen LogP contribution in [0.4, 0.5) is 0 Å². The van der Waals surface area contributed by atoms with Crippen LogP contribution in [0.5, 0.6) is 0 Å². The third kappa shape index (κ3) is 1.37. The number of halogens is 1. The first kappa shape index (κ1) is 9.69. The van der Waals surface area contributed by atoms with Crippen molar-refractivity contribution in [1.82, 2.24) is 9.55 Å². The van der Waals surface area contributed by atoms with E-state index < -0.39 is 0 Å². The molecule has 0 N–H and O–H groups in total. The molecule has 0 bridgehead atoms. The summed E-state index contributed by atoms with van der Waals surface area (Å²) in [5.41, 5.74) is 0.782. The summed E-state index contributed by atoms with van der Waals surface area (Å²) in [7, 11) is 0. The molecule has 2 aromatic rings. The molecule has 5 heteroatoms. The Labute approximate surface area is 90.7 Å². The zero-order valence-electron chi connectivity index (χ0n) is 7.86. The Kier molecular flexibility index (Phi) is 2.18. The van der Waals surface area contributed by atoms with E-state index in [2.05, 4.69) is 4.98 Å². The van der Waals surface area contributed by atoms with Gasteiger partial charge >= 0.3 is 0 Å². The number of fused-ring (bicyclic) bond motifs is 1. The number of hydrogen-bond acceptors (Lipinski definition) is 3. The van der Waals surface area contributed by atoms with Gasteiger partial charge in [-0.25, -0.2) is 4.98 Å². The lowest BCUT2D eigenvalue weighted by Gasteiger charge is -1.97. The fourth-order valence-corrected chi connectivity index (χ4v) is 1.68. The maximum Gasteiger partial charge on any atom is 0.229 e. The van der Waals surface area contributed by atoms with E-state index in [4.69, 9.17) is 16.9 Å². The monoisotopic (exact) mass is 219 g/mol. The average Bonchev–Trinajstić information content (AvgIpc) is 2.58. The Morgan fingerprint density at radius 1 is 1.67 bits per heavy atom. The Hall–Kier alpha value is -1.86. The average molecular weight is 220 g/mol. The third-order valence-electron chi connectivity index (χ3n) is 2.10. The fraction of sp³-hybridized carbons (Fsp3) is 0.100. The van der Waals surface area contributed by atoms with Crippen LogP contribution in [0.25, 0.3) is 11.0 Å². The number of nitrogens with zero attached hydrogens (tertiary/aromatic N) is 3. The summed E-state index contributed by atoms with van der Waals surface area (Å²) in [6, 6.07) is 3.58. The molecule has 0 aliphatic rings. The number of rotatable bonds is 0. The minimum Gasteiger partial charge on any atom is -0.274 e. The van der Waals surface area contributed by atoms with Crippen LogP contribution in [0, 0.1) is 11.3 Å². The highest BCUT2D eigenvalue weighted by Gasteiger charge is 2.14. The lowest BCUT2D eigenvalue weighted by atomic mass is 10.2. The molecule has 0 aliphatic heterocycles. The molecular formula is C10H6ClN3O. The van der Waals surface area contributed by atoms with Crippen LogP contribution in [0.3, 0.4) is 0 Å². The second-order valence-electron chi connectivity index (χ2n) is 3.03. The molecule has 0 spiro atoms. The molecular weight excluding hydrogens is 214 g/mol. The van der Waals surface area contributed by atoms with Gasteiger partial charge in [0.15, 0.2) is 0 Å². The van der Waals surface area contributed by atoms with E-state index in [1.165, 1.54) is 23.9 Å². The summed E-state index contributed by atoms with van der Waals surface area (Å²) in [5.74, 6) is -0.198. The van der Waals surface area contributed by atoms with Gasteiger partial charge in [0.25, 0.3) is 0 Å². The fourth-order valence-electron chi connectivity index (χ4n) is 1.44. The predicted molar refractivity (Wildman–Crippen MR) is 55.8 cm³/mol. The highest BCUT2D eigenvalue weighted by Crippen LogP contribution is 2.26. The molecule has 74 valence electrons. The van der Waals surface area contributed by atoms with Crippen molar-refractivity contribution in [2.75, 3.05) is 0 Å². The van der Waals surface area contributed by atoms with E-state index in [0.29, 0.717) is 21.6 Å². The molecule has 0 radical (unpaired) electrons. The minimum atomic E-state index is -0.198. The van der Waals surface area contributed by atoms with Crippen molar-refractivity contribution in [1.29, 1.82) is 5.26 Å². The van der Waals surface area contributed by atoms with Gasteiger partial charge < -0.3 is 0 Å². The van der Waals surface area contributed by atoms with Crippen LogP contribution in [-0.2, 0) is 0 Å². The van der Waals surface area contributed by atoms with Crippen LogP contribution in [0.2, 0.25) is 5.02 Å². The van der Waals surface area contributed by atoms with Gasteiger partial charge in [-0.2, -0.15) is 5.26 Å². The van der Waals surface area contributed by atoms with E-state index in [1.54, 1.807) is 6.07 Å². The van der Waals surface area contributed by atoms with Crippen LogP contribution in [0.1, 0.15) is 17.3 Å². The lowest BCUT2D eigenvalue weighted by molar-refractivity contribution is 0.0941. The van der Waals surface area contributed by atoms with E-state index >= 15 is 0 Å². The van der Waals surface area contributed by atoms with Crippen LogP contribution < -0.4 is 0 Å². The summed E-state index contributed by atoms with van der Waals surface area (Å²) < 4.78 is 1.32. The number of aromatic nitrogens is 2. The molecule has 0 atom stereocenters. The molecule has 2 rings (SSSR count). The maximum absolute atomic E-state index is 11.3. The first-order valence-corrected chi connectivity index (χ1v) is 4.59. The summed E-state index contributed by atoms with van der Waals surface area (Å²) in [5, 5.41) is 9.85. The van der Waals surface area contributed by atoms with Gasteiger partial charge in [-0.05, 0) is 6.07 Å². The SMILES string of the molecule is CC(=O)n1cc(C#N)c2c(Cl)ccnc21. The van der Waals surface area contributed by atoms with E-state index in [1.807, 2.05) is 6.07 Å². The molecule has 0 saturated carbocycles. The highest BCUT2D eigenvalue weighted by molar-refractivity contribution is 6.35. The Bertz CT molecular complexity index is 594. The normalized spacial score (nSPS) is 10.2. The van der Waals surface area contributed by atoms with E-state index in [0.717, 1.165) is 0 Å². The first-order chi connectivity index (χ1) is 7.15. The smallest absolute Gasteiger partial charge is 0.229 e. The molecule has 2 aromatic heterocycles. The summed E-state index contributed by atoms with van der Waals surface area (Å²) in [4.78, 5) is 15.3. The molecule has 15 heavy (non-hydrogen) atoms. The number of carbonyl (C=O) groups is 1. The lowest BCUT2D eigenvalue weighted by Crippen LogP contribution is -2.03. The molecule has 0 aromatic carbocycles. The Morgan fingerprint density at radius 2 is 2.40 bits per heavy atom. The molecule has 2 heterocycles.